The highest BCUT2D eigenvalue weighted by Crippen LogP contribution is 2.41. The topological polar surface area (TPSA) is 55.8 Å². The van der Waals surface area contributed by atoms with Crippen LogP contribution in [0.15, 0.2) is 36.4 Å². The lowest BCUT2D eigenvalue weighted by Crippen LogP contribution is -2.44. The van der Waals surface area contributed by atoms with Crippen LogP contribution in [0.2, 0.25) is 16.6 Å². The number of amides is 2. The molecular formula is C33H49NO4Si. The van der Waals surface area contributed by atoms with Gasteiger partial charge >= 0.3 is 12.2 Å². The van der Waals surface area contributed by atoms with E-state index in [0.29, 0.717) is 23.0 Å². The van der Waals surface area contributed by atoms with Crippen molar-refractivity contribution in [2.45, 2.75) is 117 Å². The Morgan fingerprint density at radius 3 is 1.64 bits per heavy atom. The third-order valence-electron chi connectivity index (χ3n) is 7.08. The Labute approximate surface area is 237 Å². The lowest BCUT2D eigenvalue weighted by Gasteiger charge is -2.38. The molecule has 0 saturated heterocycles. The summed E-state index contributed by atoms with van der Waals surface area (Å²) in [6, 6.07) is 12.5. The lowest BCUT2D eigenvalue weighted by molar-refractivity contribution is 0.00170. The van der Waals surface area contributed by atoms with Crippen LogP contribution in [0.4, 0.5) is 9.59 Å². The Kier molecular flexibility index (Phi) is 10.5. The second kappa shape index (κ2) is 12.6. The molecule has 0 unspecified atom stereocenters. The maximum Gasteiger partial charge on any atom is 0.419 e. The fraction of sp³-hybridized carbons (Fsp3) is 0.576. The van der Waals surface area contributed by atoms with E-state index >= 15 is 0 Å². The van der Waals surface area contributed by atoms with Crippen molar-refractivity contribution >= 4 is 31.0 Å². The van der Waals surface area contributed by atoms with Crippen LogP contribution >= 0.6 is 0 Å². The molecule has 0 aliphatic heterocycles. The summed E-state index contributed by atoms with van der Waals surface area (Å²) >= 11 is 0. The molecule has 0 fully saturated rings. The van der Waals surface area contributed by atoms with E-state index < -0.39 is 31.5 Å². The van der Waals surface area contributed by atoms with Crippen molar-refractivity contribution in [1.82, 2.24) is 4.90 Å². The molecule has 39 heavy (non-hydrogen) atoms. The molecule has 0 atom stereocenters. The van der Waals surface area contributed by atoms with Gasteiger partial charge in [-0.15, -0.1) is 5.54 Å². The van der Waals surface area contributed by atoms with Gasteiger partial charge in [-0.2, -0.15) is 0 Å². The molecule has 214 valence electrons. The van der Waals surface area contributed by atoms with E-state index in [2.05, 4.69) is 77.3 Å². The van der Waals surface area contributed by atoms with Crippen LogP contribution in [0.5, 0.6) is 0 Å². The summed E-state index contributed by atoms with van der Waals surface area (Å²) in [6.45, 7) is 24.7. The number of carbonyl (C=O) groups excluding carboxylic acids is 2. The van der Waals surface area contributed by atoms with E-state index in [1.165, 1.54) is 0 Å². The molecule has 0 spiro atoms. The first-order valence-electron chi connectivity index (χ1n) is 14.2. The molecule has 0 radical (unpaired) electrons. The number of hydrogen-bond acceptors (Lipinski definition) is 4. The van der Waals surface area contributed by atoms with Crippen LogP contribution in [0.3, 0.4) is 0 Å². The molecule has 0 aliphatic carbocycles. The second-order valence-electron chi connectivity index (χ2n) is 13.4. The van der Waals surface area contributed by atoms with Gasteiger partial charge in [-0.25, -0.2) is 14.5 Å². The van der Waals surface area contributed by atoms with Gasteiger partial charge in [-0.1, -0.05) is 71.7 Å². The third-order valence-corrected chi connectivity index (χ3v) is 13.4. The van der Waals surface area contributed by atoms with Gasteiger partial charge < -0.3 is 9.47 Å². The molecule has 0 aromatic heterocycles. The molecule has 2 aromatic rings. The summed E-state index contributed by atoms with van der Waals surface area (Å²) in [5.41, 5.74) is 5.85. The number of nitrogens with zero attached hydrogens (tertiary/aromatic N) is 1. The quantitative estimate of drug-likeness (QED) is 0.265. The fourth-order valence-corrected chi connectivity index (χ4v) is 10.6. The number of fused-ring (bicyclic) bond motifs is 1. The monoisotopic (exact) mass is 551 g/mol. The predicted octanol–water partition coefficient (Wildman–Crippen LogP) is 9.12. The van der Waals surface area contributed by atoms with E-state index in [1.54, 1.807) is 41.5 Å². The highest BCUT2D eigenvalue weighted by Gasteiger charge is 2.41. The van der Waals surface area contributed by atoms with Crippen molar-refractivity contribution in [2.24, 2.45) is 0 Å². The minimum atomic E-state index is -1.95. The van der Waals surface area contributed by atoms with Crippen molar-refractivity contribution in [3.63, 3.8) is 0 Å². The molecular weight excluding hydrogens is 502 g/mol. The van der Waals surface area contributed by atoms with Gasteiger partial charge in [-0.05, 0) is 93.1 Å². The van der Waals surface area contributed by atoms with Gasteiger partial charge in [0, 0.05) is 12.1 Å². The van der Waals surface area contributed by atoms with Gasteiger partial charge in [0.25, 0.3) is 0 Å². The molecule has 6 heteroatoms. The average molecular weight is 552 g/mol. The van der Waals surface area contributed by atoms with Gasteiger partial charge in [0.15, 0.2) is 0 Å². The molecule has 0 aliphatic rings. The fourth-order valence-electron chi connectivity index (χ4n) is 5.34. The molecule has 0 saturated carbocycles. The van der Waals surface area contributed by atoms with Crippen molar-refractivity contribution in [3.05, 3.63) is 47.5 Å². The Hall–Kier alpha value is -2.78. The van der Waals surface area contributed by atoms with E-state index in [-0.39, 0.29) is 6.54 Å². The molecule has 2 rings (SSSR count). The summed E-state index contributed by atoms with van der Waals surface area (Å²) in [7, 11) is -1.95. The Morgan fingerprint density at radius 2 is 1.23 bits per heavy atom. The third kappa shape index (κ3) is 8.60. The van der Waals surface area contributed by atoms with Crippen LogP contribution in [-0.2, 0) is 15.9 Å². The van der Waals surface area contributed by atoms with Gasteiger partial charge in [0.05, 0.1) is 0 Å². The predicted molar refractivity (Wildman–Crippen MR) is 165 cm³/mol. The van der Waals surface area contributed by atoms with Crippen LogP contribution in [0.1, 0.15) is 94.2 Å². The number of hydrogen-bond donors (Lipinski definition) is 0. The van der Waals surface area contributed by atoms with Gasteiger partial charge in [0.1, 0.15) is 19.3 Å². The standard InChI is InChI=1S/C33H49NO4Si/c1-23(2)39(24(3)4,25(5)6)20-18-29-22-27-16-14-13-15-26(27)21-28(29)17-19-34(30(35)37-32(7,8)9)31(36)38-33(10,11)12/h13-16,21-25H,17,19H2,1-12H3. The highest BCUT2D eigenvalue weighted by molar-refractivity contribution is 6.90. The molecule has 0 heterocycles. The highest BCUT2D eigenvalue weighted by atomic mass is 28.3. The Balaban J connectivity index is 2.58. The van der Waals surface area contributed by atoms with Crippen LogP contribution in [-0.4, -0.2) is 42.9 Å². The normalized spacial score (nSPS) is 12.5. The largest absolute Gasteiger partial charge is 0.443 e. The Bertz CT molecular complexity index is 1170. The number of ether oxygens (including phenoxy) is 2. The average Bonchev–Trinajstić information content (AvgIpc) is 2.76. The first kappa shape index (κ1) is 32.4. The van der Waals surface area contributed by atoms with Crippen LogP contribution in [0.25, 0.3) is 10.8 Å². The Morgan fingerprint density at radius 1 is 0.795 bits per heavy atom. The zero-order valence-electron chi connectivity index (χ0n) is 26.2. The van der Waals surface area contributed by atoms with Crippen molar-refractivity contribution < 1.29 is 19.1 Å². The zero-order valence-corrected chi connectivity index (χ0v) is 27.2. The summed E-state index contributed by atoms with van der Waals surface area (Å²) in [6.07, 6.45) is -0.987. The maximum atomic E-state index is 13.1. The smallest absolute Gasteiger partial charge is 0.419 e. The van der Waals surface area contributed by atoms with E-state index in [4.69, 9.17) is 9.47 Å². The number of rotatable bonds is 6. The first-order valence-corrected chi connectivity index (χ1v) is 16.4. The van der Waals surface area contributed by atoms with Crippen LogP contribution < -0.4 is 0 Å². The minimum absolute atomic E-state index is 0.123. The molecule has 0 N–H and O–H groups in total. The lowest BCUT2D eigenvalue weighted by atomic mass is 9.99. The van der Waals surface area contributed by atoms with Gasteiger partial charge in [-0.3, -0.25) is 0 Å². The zero-order chi connectivity index (χ0) is 29.8. The SMILES string of the molecule is CC(C)[Si](C#Cc1cc2ccccc2cc1CCN(C(=O)OC(C)(C)C)C(=O)OC(C)(C)C)(C(C)C)C(C)C. The maximum absolute atomic E-state index is 13.1. The van der Waals surface area contributed by atoms with Gasteiger partial charge in [0.2, 0.25) is 0 Å². The first-order chi connectivity index (χ1) is 17.9. The summed E-state index contributed by atoms with van der Waals surface area (Å²) in [5, 5.41) is 2.21. The molecule has 5 nitrogen and oxygen atoms in total. The van der Waals surface area contributed by atoms with E-state index in [1.807, 2.05) is 12.1 Å². The summed E-state index contributed by atoms with van der Waals surface area (Å²) < 4.78 is 11.1. The number of carbonyl (C=O) groups is 2. The van der Waals surface area contributed by atoms with E-state index in [0.717, 1.165) is 26.8 Å². The number of imide groups is 1. The number of benzene rings is 2. The summed E-state index contributed by atoms with van der Waals surface area (Å²) in [5.74, 6) is 3.61. The molecule has 2 amide bonds. The van der Waals surface area contributed by atoms with Crippen molar-refractivity contribution in [2.75, 3.05) is 6.54 Å². The van der Waals surface area contributed by atoms with Crippen molar-refractivity contribution in [3.8, 4) is 11.5 Å². The second-order valence-corrected chi connectivity index (χ2v) is 18.9. The molecule has 0 bridgehead atoms. The van der Waals surface area contributed by atoms with Crippen molar-refractivity contribution in [1.29, 1.82) is 0 Å². The summed E-state index contributed by atoms with van der Waals surface area (Å²) in [4.78, 5) is 27.2. The van der Waals surface area contributed by atoms with E-state index in [9.17, 15) is 9.59 Å². The van der Waals surface area contributed by atoms with Crippen LogP contribution in [0, 0.1) is 11.5 Å². The minimum Gasteiger partial charge on any atom is -0.443 e. The molecule has 2 aromatic carbocycles.